The zero-order valence-corrected chi connectivity index (χ0v) is 25.7. The van der Waals surface area contributed by atoms with Gasteiger partial charge in [-0.3, -0.25) is 9.78 Å². The van der Waals surface area contributed by atoms with Crippen molar-refractivity contribution >= 4 is 5.91 Å². The summed E-state index contributed by atoms with van der Waals surface area (Å²) >= 11 is 0. The van der Waals surface area contributed by atoms with Gasteiger partial charge in [0.25, 0.3) is 5.91 Å². The van der Waals surface area contributed by atoms with E-state index >= 15 is 0 Å². The number of carbonyl (C=O) groups is 1. The van der Waals surface area contributed by atoms with Gasteiger partial charge in [-0.05, 0) is 80.9 Å². The van der Waals surface area contributed by atoms with Gasteiger partial charge in [0.05, 0.1) is 25.8 Å². The highest BCUT2D eigenvalue weighted by molar-refractivity contribution is 5.94. The Labute approximate surface area is 258 Å². The van der Waals surface area contributed by atoms with E-state index in [2.05, 4.69) is 10.3 Å². The molecule has 12 heteroatoms. The Kier molecular flexibility index (Phi) is 20.3. The second kappa shape index (κ2) is 21.0. The highest BCUT2D eigenvalue weighted by Crippen LogP contribution is 2.28. The summed E-state index contributed by atoms with van der Waals surface area (Å²) in [5, 5.41) is 17.8. The average Bonchev–Trinajstić information content (AvgIpc) is 2.97. The van der Waals surface area contributed by atoms with Crippen LogP contribution in [0, 0.1) is 12.7 Å². The zero-order chi connectivity index (χ0) is 33.2. The molecule has 1 aromatic heterocycles. The van der Waals surface area contributed by atoms with Crippen LogP contribution in [0.1, 0.15) is 63.2 Å². The SMILES string of the molecule is C.CC.CO.COc1cc(C(=O)NCCC(F)(F)F)ccc1OCCO.Cc1cc(C(C)(C)N)cc(-c2ccc(F)cc2)n1. The number of pyridine rings is 1. The normalized spacial score (nSPS) is 10.3. The smallest absolute Gasteiger partial charge is 0.390 e. The van der Waals surface area contributed by atoms with Crippen molar-refractivity contribution in [3.05, 3.63) is 77.2 Å². The van der Waals surface area contributed by atoms with Crippen molar-refractivity contribution < 1.29 is 42.0 Å². The number of benzene rings is 2. The van der Waals surface area contributed by atoms with Gasteiger partial charge in [0.15, 0.2) is 11.5 Å². The van der Waals surface area contributed by atoms with E-state index < -0.39 is 30.6 Å². The molecule has 0 saturated carbocycles. The fraction of sp³-hybridized carbons (Fsp3) is 0.438. The number of ether oxygens (including phenoxy) is 2. The number of aromatic nitrogens is 1. The van der Waals surface area contributed by atoms with Crippen molar-refractivity contribution in [2.75, 3.05) is 34.0 Å². The third kappa shape index (κ3) is 15.6. The van der Waals surface area contributed by atoms with Crippen LogP contribution in [0.3, 0.4) is 0 Å². The van der Waals surface area contributed by atoms with Crippen LogP contribution in [-0.2, 0) is 5.54 Å². The summed E-state index contributed by atoms with van der Waals surface area (Å²) in [5.74, 6) is -0.289. The average molecular weight is 630 g/mol. The van der Waals surface area contributed by atoms with Gasteiger partial charge >= 0.3 is 6.18 Å². The molecule has 0 spiro atoms. The van der Waals surface area contributed by atoms with E-state index in [0.29, 0.717) is 5.75 Å². The summed E-state index contributed by atoms with van der Waals surface area (Å²) in [4.78, 5) is 16.2. The summed E-state index contributed by atoms with van der Waals surface area (Å²) < 4.78 is 59.1. The Balaban J connectivity index is 0. The molecule has 0 unspecified atom stereocenters. The second-order valence-electron chi connectivity index (χ2n) is 9.17. The molecule has 8 nitrogen and oxygen atoms in total. The first kappa shape index (κ1) is 42.4. The van der Waals surface area contributed by atoms with Crippen molar-refractivity contribution in [1.82, 2.24) is 10.3 Å². The quantitative estimate of drug-likeness (QED) is 0.202. The van der Waals surface area contributed by atoms with Gasteiger partial charge in [-0.1, -0.05) is 21.3 Å². The number of nitrogens with one attached hydrogen (secondary N) is 1. The summed E-state index contributed by atoms with van der Waals surface area (Å²) in [6.07, 6.45) is -5.40. The zero-order valence-electron chi connectivity index (χ0n) is 25.7. The van der Waals surface area contributed by atoms with Crippen LogP contribution < -0.4 is 20.5 Å². The van der Waals surface area contributed by atoms with E-state index in [1.165, 1.54) is 37.4 Å². The van der Waals surface area contributed by atoms with E-state index in [-0.39, 0.29) is 37.8 Å². The fourth-order valence-electron chi connectivity index (χ4n) is 3.31. The van der Waals surface area contributed by atoms with Crippen LogP contribution in [0.15, 0.2) is 54.6 Å². The number of hydrogen-bond acceptors (Lipinski definition) is 7. The molecule has 2 aromatic carbocycles. The first-order chi connectivity index (χ1) is 20.2. The number of nitrogens with zero attached hydrogens (tertiary/aromatic N) is 1. The minimum atomic E-state index is -4.31. The highest BCUT2D eigenvalue weighted by Gasteiger charge is 2.26. The molecule has 0 atom stereocenters. The van der Waals surface area contributed by atoms with Gasteiger partial charge < -0.3 is 30.7 Å². The van der Waals surface area contributed by atoms with E-state index in [1.54, 1.807) is 12.1 Å². The number of aliphatic hydroxyl groups is 2. The molecular weight excluding hydrogens is 582 g/mol. The van der Waals surface area contributed by atoms with Gasteiger partial charge in [-0.25, -0.2) is 4.39 Å². The molecule has 0 aliphatic rings. The van der Waals surface area contributed by atoms with Crippen molar-refractivity contribution in [3.63, 3.8) is 0 Å². The molecule has 1 amide bonds. The number of halogens is 4. The lowest BCUT2D eigenvalue weighted by Gasteiger charge is -2.20. The summed E-state index contributed by atoms with van der Waals surface area (Å²) in [7, 11) is 2.37. The molecule has 5 N–H and O–H groups in total. The van der Waals surface area contributed by atoms with Gasteiger partial charge in [-0.2, -0.15) is 13.2 Å². The highest BCUT2D eigenvalue weighted by atomic mass is 19.4. The van der Waals surface area contributed by atoms with Crippen molar-refractivity contribution in [2.24, 2.45) is 5.73 Å². The van der Waals surface area contributed by atoms with E-state index in [9.17, 15) is 22.4 Å². The third-order valence-electron chi connectivity index (χ3n) is 5.31. The minimum Gasteiger partial charge on any atom is -0.493 e. The molecule has 0 aliphatic heterocycles. The Morgan fingerprint density at radius 2 is 1.59 bits per heavy atom. The van der Waals surface area contributed by atoms with Gasteiger partial charge in [-0.15, -0.1) is 0 Å². The molecule has 0 fully saturated rings. The molecule has 3 rings (SSSR count). The number of methoxy groups -OCH3 is 1. The number of aliphatic hydroxyl groups excluding tert-OH is 2. The number of alkyl halides is 3. The molecule has 0 bridgehead atoms. The Morgan fingerprint density at radius 3 is 2.09 bits per heavy atom. The maximum atomic E-state index is 12.9. The lowest BCUT2D eigenvalue weighted by molar-refractivity contribution is -0.133. The lowest BCUT2D eigenvalue weighted by Crippen LogP contribution is -2.28. The number of hydrogen-bond donors (Lipinski definition) is 4. The number of carbonyl (C=O) groups excluding carboxylic acids is 1. The molecule has 3 aromatic rings. The summed E-state index contributed by atoms with van der Waals surface area (Å²) in [6.45, 7) is 9.23. The predicted molar refractivity (Wildman–Crippen MR) is 166 cm³/mol. The van der Waals surface area contributed by atoms with Crippen molar-refractivity contribution in [1.29, 1.82) is 0 Å². The van der Waals surface area contributed by atoms with E-state index in [0.717, 1.165) is 29.6 Å². The first-order valence-corrected chi connectivity index (χ1v) is 13.5. The maximum absolute atomic E-state index is 12.9. The fourth-order valence-corrected chi connectivity index (χ4v) is 3.31. The van der Waals surface area contributed by atoms with Crippen LogP contribution in [0.5, 0.6) is 11.5 Å². The molecule has 0 radical (unpaired) electrons. The van der Waals surface area contributed by atoms with Crippen LogP contribution >= 0.6 is 0 Å². The Bertz CT molecular complexity index is 1230. The van der Waals surface area contributed by atoms with Crippen LogP contribution in [0.2, 0.25) is 0 Å². The predicted octanol–water partition coefficient (Wildman–Crippen LogP) is 6.41. The second-order valence-corrected chi connectivity index (χ2v) is 9.17. The lowest BCUT2D eigenvalue weighted by atomic mass is 9.94. The molecule has 0 aliphatic carbocycles. The van der Waals surface area contributed by atoms with E-state index in [4.69, 9.17) is 25.4 Å². The molecular formula is C32H47F4N3O5. The molecule has 1 heterocycles. The minimum absolute atomic E-state index is 0. The van der Waals surface area contributed by atoms with Crippen molar-refractivity contribution in [3.8, 4) is 22.8 Å². The molecule has 44 heavy (non-hydrogen) atoms. The first-order valence-electron chi connectivity index (χ1n) is 13.5. The number of nitrogens with two attached hydrogens (primary N) is 1. The summed E-state index contributed by atoms with van der Waals surface area (Å²) in [5.41, 5.74) is 9.50. The van der Waals surface area contributed by atoms with Gasteiger partial charge in [0.1, 0.15) is 12.4 Å². The van der Waals surface area contributed by atoms with E-state index in [1.807, 2.05) is 46.8 Å². The standard InChI is InChI=1S/C15H17FN2.C13H16F3NO4.C2H6.CH4O.CH4/c1-10-8-12(15(2,3)17)9-14(18-10)11-4-6-13(16)7-5-11;1-20-11-8-9(2-3-10(11)21-7-6-18)12(19)17-5-4-13(14,15)16;2*1-2;/h4-9H,17H2,1-3H3;2-3,8,18H,4-7H2,1H3,(H,17,19);1-2H3;2H,1H3;1H4. The van der Waals surface area contributed by atoms with Gasteiger partial charge in [0, 0.05) is 36.0 Å². The van der Waals surface area contributed by atoms with Crippen molar-refractivity contribution in [2.45, 2.75) is 60.2 Å². The number of rotatable bonds is 9. The largest absolute Gasteiger partial charge is 0.493 e. The molecule has 248 valence electrons. The van der Waals surface area contributed by atoms with Crippen LogP contribution in [-0.4, -0.2) is 61.3 Å². The third-order valence-corrected chi connectivity index (χ3v) is 5.31. The van der Waals surface area contributed by atoms with Crippen LogP contribution in [0.25, 0.3) is 11.3 Å². The maximum Gasteiger partial charge on any atom is 0.390 e. The summed E-state index contributed by atoms with van der Waals surface area (Å²) in [6, 6.07) is 14.5. The van der Waals surface area contributed by atoms with Crippen LogP contribution in [0.4, 0.5) is 17.6 Å². The Morgan fingerprint density at radius 1 is 1.00 bits per heavy atom. The number of aryl methyl sites for hydroxylation is 1. The topological polar surface area (TPSA) is 127 Å². The Hall–Kier alpha value is -3.74. The molecule has 0 saturated heterocycles. The number of amides is 1. The van der Waals surface area contributed by atoms with Gasteiger partial charge in [0.2, 0.25) is 0 Å². The monoisotopic (exact) mass is 629 g/mol.